The molecule has 2 N–H and O–H groups in total. The number of amides is 1. The van der Waals surface area contributed by atoms with Crippen molar-refractivity contribution in [3.05, 3.63) is 40.2 Å². The Kier molecular flexibility index (Phi) is 3.85. The molecule has 8 heteroatoms. The number of carbonyl (C=O) groups excluding carboxylic acids is 1. The molecule has 1 aliphatic heterocycles. The van der Waals surface area contributed by atoms with Gasteiger partial charge >= 0.3 is 0 Å². The number of carbonyl (C=O) groups is 1. The number of aromatic nitrogens is 1. The summed E-state index contributed by atoms with van der Waals surface area (Å²) in [6.45, 7) is 0. The van der Waals surface area contributed by atoms with Crippen molar-refractivity contribution >= 4 is 26.6 Å². The van der Waals surface area contributed by atoms with Gasteiger partial charge in [-0.3, -0.25) is 9.59 Å². The van der Waals surface area contributed by atoms with Gasteiger partial charge in [0.15, 0.2) is 9.84 Å². The monoisotopic (exact) mass is 336 g/mol. The second-order valence-corrected chi connectivity index (χ2v) is 7.75. The molecule has 1 aromatic carbocycles. The molecule has 1 unspecified atom stereocenters. The van der Waals surface area contributed by atoms with E-state index in [9.17, 15) is 18.0 Å². The highest BCUT2D eigenvalue weighted by molar-refractivity contribution is 7.91. The lowest BCUT2D eigenvalue weighted by atomic mass is 10.1. The largest absolute Gasteiger partial charge is 0.497 e. The summed E-state index contributed by atoms with van der Waals surface area (Å²) in [6, 6.07) is 4.51. The van der Waals surface area contributed by atoms with Crippen LogP contribution in [0.15, 0.2) is 29.2 Å². The molecule has 1 atom stereocenters. The second kappa shape index (κ2) is 5.69. The fourth-order valence-electron chi connectivity index (χ4n) is 2.67. The maximum atomic E-state index is 12.5. The van der Waals surface area contributed by atoms with Gasteiger partial charge in [-0.1, -0.05) is 0 Å². The number of nitrogens with one attached hydrogen (secondary N) is 2. The lowest BCUT2D eigenvalue weighted by Crippen LogP contribution is -2.38. The van der Waals surface area contributed by atoms with Crippen molar-refractivity contribution in [1.29, 1.82) is 0 Å². The number of rotatable bonds is 3. The van der Waals surface area contributed by atoms with Gasteiger partial charge in [-0.2, -0.15) is 0 Å². The lowest BCUT2D eigenvalue weighted by molar-refractivity contribution is 0.0940. The predicted octanol–water partition coefficient (Wildman–Crippen LogP) is 0.454. The van der Waals surface area contributed by atoms with Crippen LogP contribution in [0.1, 0.15) is 16.8 Å². The van der Waals surface area contributed by atoms with Gasteiger partial charge in [0.05, 0.1) is 18.6 Å². The van der Waals surface area contributed by atoms with Crippen molar-refractivity contribution in [3.8, 4) is 5.75 Å². The van der Waals surface area contributed by atoms with Crippen molar-refractivity contribution in [2.75, 3.05) is 18.6 Å². The first kappa shape index (κ1) is 15.5. The molecule has 1 saturated heterocycles. The number of benzene rings is 1. The molecule has 0 spiro atoms. The Morgan fingerprint density at radius 3 is 2.83 bits per heavy atom. The van der Waals surface area contributed by atoms with E-state index in [1.165, 1.54) is 13.3 Å². The number of fused-ring (bicyclic) bond motifs is 1. The molecule has 1 fully saturated rings. The van der Waals surface area contributed by atoms with Crippen LogP contribution in [0.2, 0.25) is 0 Å². The van der Waals surface area contributed by atoms with E-state index < -0.39 is 27.2 Å². The molecule has 7 nitrogen and oxygen atoms in total. The Hall–Kier alpha value is -2.35. The summed E-state index contributed by atoms with van der Waals surface area (Å²) in [5, 5.41) is 2.96. The fraction of sp³-hybridized carbons (Fsp3) is 0.333. The summed E-state index contributed by atoms with van der Waals surface area (Å²) in [5.74, 6) is -0.0816. The molecule has 23 heavy (non-hydrogen) atoms. The van der Waals surface area contributed by atoms with Crippen LogP contribution in [0.3, 0.4) is 0 Å². The smallest absolute Gasteiger partial charge is 0.257 e. The average molecular weight is 336 g/mol. The van der Waals surface area contributed by atoms with Crippen molar-refractivity contribution in [1.82, 2.24) is 10.3 Å². The molecule has 0 saturated carbocycles. The van der Waals surface area contributed by atoms with Crippen molar-refractivity contribution in [2.24, 2.45) is 0 Å². The summed E-state index contributed by atoms with van der Waals surface area (Å²) in [7, 11) is -1.60. The van der Waals surface area contributed by atoms with E-state index >= 15 is 0 Å². The lowest BCUT2D eigenvalue weighted by Gasteiger charge is -2.11. The van der Waals surface area contributed by atoms with Crippen molar-refractivity contribution in [3.63, 3.8) is 0 Å². The van der Waals surface area contributed by atoms with Crippen molar-refractivity contribution in [2.45, 2.75) is 12.5 Å². The highest BCUT2D eigenvalue weighted by Gasteiger charge is 2.29. The SMILES string of the molecule is COc1ccc2[nH]cc(C(=O)NC3CCS(=O)(=O)C3)c(=O)c2c1. The number of H-pyrrole nitrogens is 1. The van der Waals surface area contributed by atoms with Gasteiger partial charge in [-0.05, 0) is 24.6 Å². The molecule has 122 valence electrons. The molecule has 0 aliphatic carbocycles. The third kappa shape index (κ3) is 3.07. The number of sulfone groups is 1. The van der Waals surface area contributed by atoms with E-state index in [0.29, 0.717) is 23.1 Å². The maximum Gasteiger partial charge on any atom is 0.257 e. The average Bonchev–Trinajstić information content (AvgIpc) is 2.86. The van der Waals surface area contributed by atoms with E-state index in [-0.39, 0.29) is 17.1 Å². The minimum Gasteiger partial charge on any atom is -0.497 e. The summed E-state index contributed by atoms with van der Waals surface area (Å²) in [4.78, 5) is 27.7. The zero-order valence-corrected chi connectivity index (χ0v) is 13.3. The first-order chi connectivity index (χ1) is 10.9. The Balaban J connectivity index is 1.92. The predicted molar refractivity (Wildman–Crippen MR) is 85.6 cm³/mol. The van der Waals surface area contributed by atoms with Crippen LogP contribution in [0.4, 0.5) is 0 Å². The van der Waals surface area contributed by atoms with Crippen LogP contribution in [0.25, 0.3) is 10.9 Å². The van der Waals surface area contributed by atoms with Gasteiger partial charge in [-0.15, -0.1) is 0 Å². The van der Waals surface area contributed by atoms with Gasteiger partial charge in [0, 0.05) is 23.1 Å². The van der Waals surface area contributed by atoms with E-state index in [1.54, 1.807) is 18.2 Å². The molecule has 2 heterocycles. The Morgan fingerprint density at radius 2 is 2.17 bits per heavy atom. The molecule has 0 bridgehead atoms. The first-order valence-electron chi connectivity index (χ1n) is 7.10. The van der Waals surface area contributed by atoms with Crippen molar-refractivity contribution < 1.29 is 17.9 Å². The second-order valence-electron chi connectivity index (χ2n) is 5.52. The first-order valence-corrected chi connectivity index (χ1v) is 8.92. The number of ether oxygens (including phenoxy) is 1. The third-order valence-electron chi connectivity index (χ3n) is 3.90. The van der Waals surface area contributed by atoms with E-state index in [2.05, 4.69) is 10.3 Å². The molecule has 1 aromatic heterocycles. The summed E-state index contributed by atoms with van der Waals surface area (Å²) in [6.07, 6.45) is 1.71. The maximum absolute atomic E-state index is 12.5. The summed E-state index contributed by atoms with van der Waals surface area (Å²) < 4.78 is 28.0. The van der Waals surface area contributed by atoms with Crippen LogP contribution < -0.4 is 15.5 Å². The van der Waals surface area contributed by atoms with Gasteiger partial charge in [0.2, 0.25) is 5.43 Å². The van der Waals surface area contributed by atoms with Gasteiger partial charge < -0.3 is 15.0 Å². The fourth-order valence-corrected chi connectivity index (χ4v) is 4.34. The standard InChI is InChI=1S/C15H16N2O5S/c1-22-10-2-3-13-11(6-10)14(18)12(7-16-13)15(19)17-9-4-5-23(20,21)8-9/h2-3,6-7,9H,4-5,8H2,1H3,(H,16,18)(H,17,19). The van der Waals surface area contributed by atoms with Crippen LogP contribution >= 0.6 is 0 Å². The normalized spacial score (nSPS) is 19.6. The van der Waals surface area contributed by atoms with Crippen LogP contribution in [0.5, 0.6) is 5.75 Å². The molecule has 3 rings (SSSR count). The minimum absolute atomic E-state index is 0.0462. The quantitative estimate of drug-likeness (QED) is 0.847. The van der Waals surface area contributed by atoms with Gasteiger partial charge in [0.25, 0.3) is 5.91 Å². The molecule has 1 amide bonds. The number of hydrogen-bond donors (Lipinski definition) is 2. The highest BCUT2D eigenvalue weighted by atomic mass is 32.2. The Labute approximate surface area is 132 Å². The molecular weight excluding hydrogens is 320 g/mol. The van der Waals surface area contributed by atoms with Crippen LogP contribution in [0, 0.1) is 0 Å². The third-order valence-corrected chi connectivity index (χ3v) is 5.67. The molecule has 1 aliphatic rings. The molecule has 2 aromatic rings. The zero-order valence-electron chi connectivity index (χ0n) is 12.5. The molecular formula is C15H16N2O5S. The highest BCUT2D eigenvalue weighted by Crippen LogP contribution is 2.17. The topological polar surface area (TPSA) is 105 Å². The molecule has 0 radical (unpaired) electrons. The summed E-state index contributed by atoms with van der Waals surface area (Å²) in [5.41, 5.74) is 0.127. The minimum atomic E-state index is -3.09. The Morgan fingerprint density at radius 1 is 1.39 bits per heavy atom. The van der Waals surface area contributed by atoms with Crippen LogP contribution in [-0.2, 0) is 9.84 Å². The number of pyridine rings is 1. The summed E-state index contributed by atoms with van der Waals surface area (Å²) >= 11 is 0. The number of aromatic amines is 1. The Bertz CT molecular complexity index is 933. The number of methoxy groups -OCH3 is 1. The van der Waals surface area contributed by atoms with Crippen LogP contribution in [-0.4, -0.2) is 44.0 Å². The van der Waals surface area contributed by atoms with E-state index in [0.717, 1.165) is 0 Å². The van der Waals surface area contributed by atoms with E-state index in [1.807, 2.05) is 0 Å². The van der Waals surface area contributed by atoms with Gasteiger partial charge in [-0.25, -0.2) is 8.42 Å². The zero-order chi connectivity index (χ0) is 16.6. The van der Waals surface area contributed by atoms with Gasteiger partial charge in [0.1, 0.15) is 11.3 Å². The number of hydrogen-bond acceptors (Lipinski definition) is 5. The van der Waals surface area contributed by atoms with E-state index in [4.69, 9.17) is 4.74 Å².